The number of nitriles is 1. The molecule has 2 aromatic rings. The maximum atomic E-state index is 15.1. The summed E-state index contributed by atoms with van der Waals surface area (Å²) in [7, 11) is 0. The number of benzene rings is 1. The van der Waals surface area contributed by atoms with E-state index in [-0.39, 0.29) is 24.0 Å². The molecule has 0 aliphatic rings. The minimum absolute atomic E-state index is 0.0674. The van der Waals surface area contributed by atoms with Crippen molar-refractivity contribution < 1.29 is 22.4 Å². The van der Waals surface area contributed by atoms with Gasteiger partial charge in [-0.1, -0.05) is 20.8 Å². The lowest BCUT2D eigenvalue weighted by Gasteiger charge is -2.32. The van der Waals surface area contributed by atoms with Crippen LogP contribution in [0.2, 0.25) is 0 Å². The number of carbonyl (C=O) groups is 1. The Hall–Kier alpha value is -3.13. The first-order valence-electron chi connectivity index (χ1n) is 9.73. The second-order valence-electron chi connectivity index (χ2n) is 6.99. The van der Waals surface area contributed by atoms with Crippen LogP contribution in [0.25, 0.3) is 0 Å². The molecule has 0 saturated heterocycles. The molecule has 0 bridgehead atoms. The molecule has 0 spiro atoms. The Bertz CT molecular complexity index is 1050. The minimum atomic E-state index is -5.14. The van der Waals surface area contributed by atoms with E-state index in [0.29, 0.717) is 16.4 Å². The summed E-state index contributed by atoms with van der Waals surface area (Å²) in [5, 5.41) is 8.75. The molecule has 0 aliphatic heterocycles. The highest BCUT2D eigenvalue weighted by atomic mass is 32.1. The van der Waals surface area contributed by atoms with Crippen LogP contribution in [0.4, 0.5) is 28.9 Å². The predicted octanol–water partition coefficient (Wildman–Crippen LogP) is 5.18. The third kappa shape index (κ3) is 5.02. The normalized spacial score (nSPS) is 11.2. The summed E-state index contributed by atoms with van der Waals surface area (Å²) in [5.74, 6) is -1.82. The molecule has 0 unspecified atom stereocenters. The minimum Gasteiger partial charge on any atom is -0.316 e. The summed E-state index contributed by atoms with van der Waals surface area (Å²) >= 11 is 5.41. The van der Waals surface area contributed by atoms with Gasteiger partial charge in [0.1, 0.15) is 11.4 Å². The fraction of sp³-hybridized carbons (Fsp3) is 0.381. The Labute approximate surface area is 188 Å². The van der Waals surface area contributed by atoms with E-state index in [0.717, 1.165) is 12.1 Å². The number of anilines is 2. The third-order valence-corrected chi connectivity index (χ3v) is 4.95. The summed E-state index contributed by atoms with van der Waals surface area (Å²) in [5.41, 5.74) is -2.94. The highest BCUT2D eigenvalue weighted by Gasteiger charge is 2.40. The van der Waals surface area contributed by atoms with Crippen molar-refractivity contribution in [1.29, 1.82) is 5.26 Å². The SMILES string of the molecule is CCC(=O)N(C(=S)N(CC)c1cnc(C(C)C)nc1)c1ccc(C#N)c(C(F)(F)F)c1F. The van der Waals surface area contributed by atoms with Crippen molar-refractivity contribution in [3.8, 4) is 6.07 Å². The highest BCUT2D eigenvalue weighted by Crippen LogP contribution is 2.38. The van der Waals surface area contributed by atoms with Crippen LogP contribution in [0.3, 0.4) is 0 Å². The van der Waals surface area contributed by atoms with E-state index >= 15 is 4.39 Å². The van der Waals surface area contributed by atoms with Crippen molar-refractivity contribution in [2.75, 3.05) is 16.3 Å². The smallest absolute Gasteiger partial charge is 0.316 e. The lowest BCUT2D eigenvalue weighted by molar-refractivity contribution is -0.140. The van der Waals surface area contributed by atoms with Crippen LogP contribution < -0.4 is 9.80 Å². The van der Waals surface area contributed by atoms with Crippen LogP contribution in [-0.2, 0) is 11.0 Å². The Morgan fingerprint density at radius 1 is 1.22 bits per heavy atom. The van der Waals surface area contributed by atoms with Gasteiger partial charge < -0.3 is 4.90 Å². The Kier molecular flexibility index (Phi) is 7.85. The van der Waals surface area contributed by atoms with Gasteiger partial charge in [0.2, 0.25) is 5.91 Å². The van der Waals surface area contributed by atoms with Gasteiger partial charge in [0.15, 0.2) is 10.9 Å². The predicted molar refractivity (Wildman–Crippen MR) is 116 cm³/mol. The van der Waals surface area contributed by atoms with E-state index in [1.165, 1.54) is 30.3 Å². The first-order valence-corrected chi connectivity index (χ1v) is 10.1. The van der Waals surface area contributed by atoms with E-state index in [4.69, 9.17) is 17.5 Å². The maximum absolute atomic E-state index is 15.1. The second-order valence-corrected chi connectivity index (χ2v) is 7.36. The first kappa shape index (κ1) is 25.1. The molecular weight excluding hydrogens is 446 g/mol. The Balaban J connectivity index is 2.63. The van der Waals surface area contributed by atoms with Crippen molar-refractivity contribution in [2.24, 2.45) is 0 Å². The highest BCUT2D eigenvalue weighted by molar-refractivity contribution is 7.81. The van der Waals surface area contributed by atoms with Gasteiger partial charge in [-0.05, 0) is 31.3 Å². The molecule has 6 nitrogen and oxygen atoms in total. The van der Waals surface area contributed by atoms with Crippen LogP contribution in [0.5, 0.6) is 0 Å². The average molecular weight is 467 g/mol. The molecular formula is C21H21F4N5OS. The fourth-order valence-electron chi connectivity index (χ4n) is 2.93. The van der Waals surface area contributed by atoms with Gasteiger partial charge in [0, 0.05) is 18.9 Å². The Morgan fingerprint density at radius 3 is 2.25 bits per heavy atom. The molecule has 0 saturated carbocycles. The molecule has 1 aromatic heterocycles. The topological polar surface area (TPSA) is 73.1 Å². The molecule has 11 heteroatoms. The quantitative estimate of drug-likeness (QED) is 0.446. The van der Waals surface area contributed by atoms with Crippen molar-refractivity contribution >= 4 is 34.6 Å². The molecule has 1 heterocycles. The molecule has 32 heavy (non-hydrogen) atoms. The average Bonchev–Trinajstić information content (AvgIpc) is 2.74. The van der Waals surface area contributed by atoms with Crippen molar-refractivity contribution in [1.82, 2.24) is 9.97 Å². The lowest BCUT2D eigenvalue weighted by atomic mass is 10.1. The van der Waals surface area contributed by atoms with Gasteiger partial charge in [-0.15, -0.1) is 0 Å². The number of hydrogen-bond acceptors (Lipinski definition) is 5. The number of carbonyl (C=O) groups excluding carboxylic acids is 1. The number of nitrogens with zero attached hydrogens (tertiary/aromatic N) is 5. The molecule has 0 atom stereocenters. The molecule has 0 aliphatic carbocycles. The summed E-state index contributed by atoms with van der Waals surface area (Å²) in [6.45, 7) is 7.20. The molecule has 170 valence electrons. The summed E-state index contributed by atoms with van der Waals surface area (Å²) in [6.07, 6.45) is -2.34. The van der Waals surface area contributed by atoms with Crippen LogP contribution in [0.15, 0.2) is 24.5 Å². The zero-order chi connectivity index (χ0) is 24.2. The van der Waals surface area contributed by atoms with E-state index in [1.807, 2.05) is 13.8 Å². The van der Waals surface area contributed by atoms with Gasteiger partial charge in [-0.3, -0.25) is 9.69 Å². The van der Waals surface area contributed by atoms with Gasteiger partial charge in [-0.25, -0.2) is 14.4 Å². The van der Waals surface area contributed by atoms with E-state index in [1.54, 1.807) is 6.92 Å². The third-order valence-electron chi connectivity index (χ3n) is 4.54. The number of hydrogen-bond donors (Lipinski definition) is 0. The number of alkyl halides is 3. The fourth-order valence-corrected chi connectivity index (χ4v) is 3.36. The van der Waals surface area contributed by atoms with E-state index in [2.05, 4.69) is 9.97 Å². The molecule has 1 amide bonds. The molecule has 0 fully saturated rings. The number of thiocarbonyl (C=S) groups is 1. The largest absolute Gasteiger partial charge is 0.420 e. The van der Waals surface area contributed by atoms with Gasteiger partial charge in [0.05, 0.1) is 35.4 Å². The van der Waals surface area contributed by atoms with Crippen LogP contribution in [-0.4, -0.2) is 27.5 Å². The van der Waals surface area contributed by atoms with Crippen LogP contribution >= 0.6 is 12.2 Å². The van der Waals surface area contributed by atoms with E-state index < -0.39 is 34.7 Å². The molecule has 2 rings (SSSR count). The number of rotatable bonds is 5. The monoisotopic (exact) mass is 467 g/mol. The number of halogens is 4. The van der Waals surface area contributed by atoms with Crippen LogP contribution in [0, 0.1) is 17.1 Å². The van der Waals surface area contributed by atoms with Gasteiger partial charge in [-0.2, -0.15) is 18.4 Å². The molecule has 1 aromatic carbocycles. The maximum Gasteiger partial charge on any atom is 0.420 e. The zero-order valence-corrected chi connectivity index (χ0v) is 18.7. The Morgan fingerprint density at radius 2 is 1.81 bits per heavy atom. The van der Waals surface area contributed by atoms with Crippen LogP contribution in [0.1, 0.15) is 57.0 Å². The molecule has 0 radical (unpaired) electrons. The van der Waals surface area contributed by atoms with Gasteiger partial charge >= 0.3 is 6.18 Å². The van der Waals surface area contributed by atoms with Gasteiger partial charge in [0.25, 0.3) is 0 Å². The van der Waals surface area contributed by atoms with Crippen molar-refractivity contribution in [2.45, 2.75) is 46.2 Å². The van der Waals surface area contributed by atoms with E-state index in [9.17, 15) is 18.0 Å². The summed E-state index contributed by atoms with van der Waals surface area (Å²) in [6, 6.07) is 3.09. The molecule has 0 N–H and O–H groups in total. The summed E-state index contributed by atoms with van der Waals surface area (Å²) in [4.78, 5) is 23.3. The number of aromatic nitrogens is 2. The van der Waals surface area contributed by atoms with Crippen molar-refractivity contribution in [3.63, 3.8) is 0 Å². The first-order chi connectivity index (χ1) is 15.0. The van der Waals surface area contributed by atoms with Crippen molar-refractivity contribution in [3.05, 3.63) is 47.3 Å². The lowest BCUT2D eigenvalue weighted by Crippen LogP contribution is -2.47. The summed E-state index contributed by atoms with van der Waals surface area (Å²) < 4.78 is 55.5. The second kappa shape index (κ2) is 9.99. The standard InChI is InChI=1S/C21H21F4N5OS/c1-5-16(31)30(15-8-7-13(9-26)17(18(15)22)21(23,24)25)20(32)29(6-2)14-10-27-19(12(3)4)28-11-14/h7-8,10-12H,5-6H2,1-4H3. The zero-order valence-electron chi connectivity index (χ0n) is 17.9. The number of amides is 1.